The Morgan fingerprint density at radius 2 is 1.78 bits per heavy atom. The van der Waals surface area contributed by atoms with Gasteiger partial charge in [-0.05, 0) is 48.0 Å². The zero-order valence-electron chi connectivity index (χ0n) is 17.4. The summed E-state index contributed by atoms with van der Waals surface area (Å²) in [6, 6.07) is 22.9. The van der Waals surface area contributed by atoms with Gasteiger partial charge in [-0.3, -0.25) is 4.79 Å². The minimum atomic E-state index is -0.135. The molecular formula is C26H22ClN3O2. The number of hydrogen-bond donors (Lipinski definition) is 1. The Morgan fingerprint density at radius 3 is 2.53 bits per heavy atom. The molecule has 1 saturated heterocycles. The van der Waals surface area contributed by atoms with E-state index < -0.39 is 0 Å². The lowest BCUT2D eigenvalue weighted by Crippen LogP contribution is -2.36. The van der Waals surface area contributed by atoms with Crippen LogP contribution >= 0.6 is 11.6 Å². The minimum Gasteiger partial charge on any atom is -0.378 e. The number of nitrogens with one attached hydrogen (secondary N) is 1. The number of hydrogen-bond acceptors (Lipinski definition) is 4. The predicted octanol–water partition coefficient (Wildman–Crippen LogP) is 5.48. The van der Waals surface area contributed by atoms with Crippen molar-refractivity contribution in [2.75, 3.05) is 31.2 Å². The smallest absolute Gasteiger partial charge is 0.196 e. The van der Waals surface area contributed by atoms with E-state index >= 15 is 0 Å². The summed E-state index contributed by atoms with van der Waals surface area (Å²) in [6.45, 7) is 3.25. The molecule has 0 spiro atoms. The third-order valence-corrected chi connectivity index (χ3v) is 5.79. The molecule has 2 heterocycles. The van der Waals surface area contributed by atoms with E-state index in [9.17, 15) is 4.79 Å². The van der Waals surface area contributed by atoms with Crippen LogP contribution in [0.2, 0.25) is 5.02 Å². The van der Waals surface area contributed by atoms with Crippen molar-refractivity contribution in [3.8, 4) is 0 Å². The summed E-state index contributed by atoms with van der Waals surface area (Å²) in [4.78, 5) is 23.7. The van der Waals surface area contributed by atoms with Gasteiger partial charge in [0.05, 0.1) is 29.8 Å². The topological polar surface area (TPSA) is 58.2 Å². The number of allylic oxidation sites excluding steroid dienone is 1. The number of imidazole rings is 1. The second-order valence-corrected chi connectivity index (χ2v) is 8.13. The van der Waals surface area contributed by atoms with Gasteiger partial charge in [0.25, 0.3) is 0 Å². The number of ketones is 1. The molecule has 0 radical (unpaired) electrons. The van der Waals surface area contributed by atoms with E-state index in [4.69, 9.17) is 16.3 Å². The van der Waals surface area contributed by atoms with Crippen molar-refractivity contribution in [2.45, 2.75) is 0 Å². The molecule has 5 nitrogen and oxygen atoms in total. The SMILES string of the molecule is O=C(/C(=C\c1ccc(N2CCOCC2)cc1)c1nc2ccccc2[nH]1)c1cccc(Cl)c1. The molecule has 1 N–H and O–H groups in total. The van der Waals surface area contributed by atoms with Crippen LogP contribution in [-0.2, 0) is 4.74 Å². The average Bonchev–Trinajstić information content (AvgIpc) is 3.27. The van der Waals surface area contributed by atoms with Crippen molar-refractivity contribution >= 4 is 45.8 Å². The van der Waals surface area contributed by atoms with E-state index in [1.807, 2.05) is 42.5 Å². The Labute approximate surface area is 191 Å². The van der Waals surface area contributed by atoms with Crippen LogP contribution in [0.4, 0.5) is 5.69 Å². The lowest BCUT2D eigenvalue weighted by molar-refractivity contribution is 0.105. The molecule has 0 atom stereocenters. The first-order chi connectivity index (χ1) is 15.7. The first kappa shape index (κ1) is 20.5. The number of fused-ring (bicyclic) bond motifs is 1. The van der Waals surface area contributed by atoms with Gasteiger partial charge in [0.15, 0.2) is 5.78 Å². The van der Waals surface area contributed by atoms with E-state index in [0.717, 1.165) is 48.6 Å². The van der Waals surface area contributed by atoms with Gasteiger partial charge in [-0.1, -0.05) is 48.0 Å². The molecule has 0 bridgehead atoms. The maximum absolute atomic E-state index is 13.5. The van der Waals surface area contributed by atoms with Crippen molar-refractivity contribution < 1.29 is 9.53 Å². The first-order valence-electron chi connectivity index (χ1n) is 10.6. The second kappa shape index (κ2) is 8.99. The maximum Gasteiger partial charge on any atom is 0.196 e. The average molecular weight is 444 g/mol. The highest BCUT2D eigenvalue weighted by atomic mass is 35.5. The number of anilines is 1. The summed E-state index contributed by atoms with van der Waals surface area (Å²) in [7, 11) is 0. The quantitative estimate of drug-likeness (QED) is 0.328. The normalized spacial score (nSPS) is 14.7. The summed E-state index contributed by atoms with van der Waals surface area (Å²) in [6.07, 6.45) is 1.88. The Balaban J connectivity index is 1.54. The van der Waals surface area contributed by atoms with Crippen molar-refractivity contribution in [1.82, 2.24) is 9.97 Å². The van der Waals surface area contributed by atoms with E-state index in [2.05, 4.69) is 27.0 Å². The molecular weight excluding hydrogens is 422 g/mol. The van der Waals surface area contributed by atoms with Gasteiger partial charge in [-0.25, -0.2) is 4.98 Å². The molecule has 0 saturated carbocycles. The minimum absolute atomic E-state index is 0.135. The molecule has 4 aromatic rings. The molecule has 6 heteroatoms. The number of H-pyrrole nitrogens is 1. The second-order valence-electron chi connectivity index (χ2n) is 7.69. The molecule has 1 aromatic heterocycles. The number of rotatable bonds is 5. The van der Waals surface area contributed by atoms with E-state index in [1.54, 1.807) is 24.3 Å². The highest BCUT2D eigenvalue weighted by molar-refractivity contribution is 6.34. The van der Waals surface area contributed by atoms with Crippen LogP contribution in [0.3, 0.4) is 0 Å². The zero-order chi connectivity index (χ0) is 21.9. The maximum atomic E-state index is 13.5. The third-order valence-electron chi connectivity index (χ3n) is 5.56. The number of Topliss-reactive ketones (excluding diaryl/α,β-unsaturated/α-hetero) is 1. The standard InChI is InChI=1S/C26H22ClN3O2/c27-20-5-3-4-19(17-20)25(31)22(26-28-23-6-1-2-7-24(23)29-26)16-18-8-10-21(11-9-18)30-12-14-32-15-13-30/h1-11,16-17H,12-15H2,(H,28,29)/b22-16+. The number of ether oxygens (including phenoxy) is 1. The van der Waals surface area contributed by atoms with Gasteiger partial charge >= 0.3 is 0 Å². The number of nitrogens with zero attached hydrogens (tertiary/aromatic N) is 2. The van der Waals surface area contributed by atoms with Crippen molar-refractivity contribution in [3.63, 3.8) is 0 Å². The highest BCUT2D eigenvalue weighted by Gasteiger charge is 2.19. The van der Waals surface area contributed by atoms with Gasteiger partial charge in [-0.15, -0.1) is 0 Å². The number of aromatic nitrogens is 2. The van der Waals surface area contributed by atoms with E-state index in [-0.39, 0.29) is 5.78 Å². The number of para-hydroxylation sites is 2. The molecule has 1 aliphatic rings. The summed E-state index contributed by atoms with van der Waals surface area (Å²) in [5, 5.41) is 0.523. The summed E-state index contributed by atoms with van der Waals surface area (Å²) in [5.41, 5.74) is 4.78. The van der Waals surface area contributed by atoms with Gasteiger partial charge < -0.3 is 14.6 Å². The molecule has 0 unspecified atom stereocenters. The highest BCUT2D eigenvalue weighted by Crippen LogP contribution is 2.26. The zero-order valence-corrected chi connectivity index (χ0v) is 18.2. The molecule has 0 amide bonds. The van der Waals surface area contributed by atoms with Gasteiger partial charge in [-0.2, -0.15) is 0 Å². The Hall–Kier alpha value is -3.41. The van der Waals surface area contributed by atoms with Crippen molar-refractivity contribution in [1.29, 1.82) is 0 Å². The molecule has 1 fully saturated rings. The van der Waals surface area contributed by atoms with Crippen LogP contribution in [0.25, 0.3) is 22.7 Å². The molecule has 3 aromatic carbocycles. The fourth-order valence-corrected chi connectivity index (χ4v) is 4.07. The number of carbonyl (C=O) groups is 1. The molecule has 32 heavy (non-hydrogen) atoms. The molecule has 160 valence electrons. The Morgan fingerprint density at radius 1 is 1.00 bits per heavy atom. The first-order valence-corrected chi connectivity index (χ1v) is 10.9. The van der Waals surface area contributed by atoms with Crippen molar-refractivity contribution in [2.24, 2.45) is 0 Å². The predicted molar refractivity (Wildman–Crippen MR) is 129 cm³/mol. The number of halogens is 1. The van der Waals surface area contributed by atoms with Gasteiger partial charge in [0, 0.05) is 29.4 Å². The fourth-order valence-electron chi connectivity index (χ4n) is 3.88. The van der Waals surface area contributed by atoms with E-state index in [1.165, 1.54) is 0 Å². The number of aromatic amines is 1. The Bertz CT molecular complexity index is 1250. The summed E-state index contributed by atoms with van der Waals surface area (Å²) >= 11 is 6.15. The van der Waals surface area contributed by atoms with Crippen LogP contribution in [-0.4, -0.2) is 42.1 Å². The Kier molecular flexibility index (Phi) is 5.75. The lowest BCUT2D eigenvalue weighted by Gasteiger charge is -2.28. The van der Waals surface area contributed by atoms with Crippen molar-refractivity contribution in [3.05, 3.63) is 94.8 Å². The summed E-state index contributed by atoms with van der Waals surface area (Å²) in [5.74, 6) is 0.400. The number of carbonyl (C=O) groups excluding carboxylic acids is 1. The third kappa shape index (κ3) is 4.31. The van der Waals surface area contributed by atoms with E-state index in [0.29, 0.717) is 22.0 Å². The van der Waals surface area contributed by atoms with Crippen LogP contribution in [0.1, 0.15) is 21.7 Å². The van der Waals surface area contributed by atoms with Crippen LogP contribution in [0.15, 0.2) is 72.8 Å². The van der Waals surface area contributed by atoms with Crippen LogP contribution in [0.5, 0.6) is 0 Å². The van der Waals surface area contributed by atoms with Gasteiger partial charge in [0.1, 0.15) is 5.82 Å². The van der Waals surface area contributed by atoms with Crippen LogP contribution < -0.4 is 4.90 Å². The monoisotopic (exact) mass is 443 g/mol. The number of morpholine rings is 1. The molecule has 5 rings (SSSR count). The fraction of sp³-hybridized carbons (Fsp3) is 0.154. The summed E-state index contributed by atoms with van der Waals surface area (Å²) < 4.78 is 5.44. The largest absolute Gasteiger partial charge is 0.378 e. The molecule has 0 aliphatic carbocycles. The van der Waals surface area contributed by atoms with Crippen LogP contribution in [0, 0.1) is 0 Å². The lowest BCUT2D eigenvalue weighted by atomic mass is 10.00. The van der Waals surface area contributed by atoms with Gasteiger partial charge in [0.2, 0.25) is 0 Å². The molecule has 1 aliphatic heterocycles. The number of benzene rings is 3.